The van der Waals surface area contributed by atoms with E-state index in [1.54, 1.807) is 0 Å². The highest BCUT2D eigenvalue weighted by atomic mass is 32.2. The molecule has 0 saturated heterocycles. The van der Waals surface area contributed by atoms with E-state index in [9.17, 15) is 8.76 Å². The van der Waals surface area contributed by atoms with E-state index < -0.39 is 16.2 Å². The molecule has 0 aliphatic carbocycles. The molecule has 1 unspecified atom stereocenters. The largest absolute Gasteiger partial charge is 0.375 e. The lowest BCUT2D eigenvalue weighted by atomic mass is 11.4. The molecule has 0 amide bonds. The van der Waals surface area contributed by atoms with E-state index in [0.29, 0.717) is 0 Å². The second-order valence-electron chi connectivity index (χ2n) is 0.599. The van der Waals surface area contributed by atoms with Crippen molar-refractivity contribution in [2.24, 2.45) is 5.73 Å². The van der Waals surface area contributed by atoms with Gasteiger partial charge in [0.15, 0.2) is 0 Å². The second-order valence-corrected chi connectivity index (χ2v) is 1.51. The summed E-state index contributed by atoms with van der Waals surface area (Å²) in [6.07, 6.45) is 0. The summed E-state index contributed by atoms with van der Waals surface area (Å²) in [5.74, 6) is 0. The third-order valence-corrected chi connectivity index (χ3v) is 0.539. The summed E-state index contributed by atoms with van der Waals surface area (Å²) in [6.45, 7) is 0. The van der Waals surface area contributed by atoms with Crippen LogP contribution in [0.1, 0.15) is 0 Å². The van der Waals surface area contributed by atoms with Crippen LogP contribution in [0.3, 0.4) is 0 Å². The summed E-state index contributed by atoms with van der Waals surface area (Å²) in [7, 11) is 0. The Morgan fingerprint density at radius 1 is 1.83 bits per heavy atom. The number of hydrogen-bond donors (Lipinski definition) is 2. The van der Waals surface area contributed by atoms with Gasteiger partial charge in [-0.15, -0.1) is 4.55 Å². The van der Waals surface area contributed by atoms with Crippen molar-refractivity contribution in [3.05, 3.63) is 0 Å². The Morgan fingerprint density at radius 2 is 2.00 bits per heavy atom. The van der Waals surface area contributed by atoms with Crippen LogP contribution < -0.4 is 5.73 Å². The highest BCUT2D eigenvalue weighted by Gasteiger charge is 1.93. The zero-order chi connectivity index (χ0) is 5.15. The minimum Gasteiger partial charge on any atom is -0.375 e. The molecule has 0 saturated carbocycles. The van der Waals surface area contributed by atoms with Crippen LogP contribution >= 0.6 is 0 Å². The lowest BCUT2D eigenvalue weighted by molar-refractivity contribution is 0.483. The van der Waals surface area contributed by atoms with Crippen molar-refractivity contribution in [3.63, 3.8) is 0 Å². The van der Waals surface area contributed by atoms with Crippen molar-refractivity contribution >= 4 is 16.2 Å². The molecule has 0 spiro atoms. The Balaban J connectivity index is 3.57. The molecule has 0 bridgehead atoms. The molecule has 0 aliphatic heterocycles. The monoisotopic (exact) mass is 107 g/mol. The summed E-state index contributed by atoms with van der Waals surface area (Å²) in [5.41, 5.74) is 4.41. The molecule has 0 fully saturated rings. The van der Waals surface area contributed by atoms with E-state index in [4.69, 9.17) is 5.41 Å². The summed E-state index contributed by atoms with van der Waals surface area (Å²) in [6, 6.07) is 0. The van der Waals surface area contributed by atoms with E-state index in [2.05, 4.69) is 5.73 Å². The van der Waals surface area contributed by atoms with Gasteiger partial charge in [0.25, 0.3) is 11.1 Å². The van der Waals surface area contributed by atoms with Crippen LogP contribution in [0.25, 0.3) is 0 Å². The fraction of sp³-hybridized carbons (Fsp3) is 0. The highest BCUT2D eigenvalue weighted by Crippen LogP contribution is 1.64. The first-order valence-electron chi connectivity index (χ1n) is 1.08. The van der Waals surface area contributed by atoms with Crippen LogP contribution in [0.2, 0.25) is 0 Å². The van der Waals surface area contributed by atoms with Gasteiger partial charge in [0.1, 0.15) is 0 Å². The molecule has 5 heteroatoms. The van der Waals surface area contributed by atoms with E-state index in [1.807, 2.05) is 0 Å². The van der Waals surface area contributed by atoms with Gasteiger partial charge in [-0.1, -0.05) is 0 Å². The van der Waals surface area contributed by atoms with E-state index in [-0.39, 0.29) is 0 Å². The maximum absolute atomic E-state index is 9.35. The quantitative estimate of drug-likeness (QED) is 0.306. The molecule has 0 heterocycles. The smallest absolute Gasteiger partial charge is 0.256 e. The standard InChI is InChI=1S/CH3N2O2S/c2-1(3)6(4)5/h(H3,2,3). The first-order chi connectivity index (χ1) is 2.64. The van der Waals surface area contributed by atoms with Gasteiger partial charge in [-0.2, -0.15) is 0 Å². The van der Waals surface area contributed by atoms with Gasteiger partial charge < -0.3 is 5.73 Å². The molecule has 3 N–H and O–H groups in total. The first-order valence-corrected chi connectivity index (χ1v) is 2.15. The van der Waals surface area contributed by atoms with Gasteiger partial charge in [0.2, 0.25) is 5.17 Å². The normalized spacial score (nSPS) is 13.5. The molecule has 0 rings (SSSR count). The average molecular weight is 107 g/mol. The minimum atomic E-state index is -2.51. The first kappa shape index (κ1) is 5.58. The Kier molecular flexibility index (Phi) is 1.75. The zero-order valence-corrected chi connectivity index (χ0v) is 3.62. The van der Waals surface area contributed by atoms with Gasteiger partial charge in [0, 0.05) is 0 Å². The van der Waals surface area contributed by atoms with Crippen molar-refractivity contribution in [1.29, 1.82) is 5.41 Å². The van der Waals surface area contributed by atoms with Gasteiger partial charge in [0.05, 0.1) is 0 Å². The average Bonchev–Trinajstić information content (AvgIpc) is 1.36. The Bertz CT molecular complexity index is 77.5. The molecule has 0 aromatic rings. The van der Waals surface area contributed by atoms with Gasteiger partial charge >= 0.3 is 0 Å². The maximum atomic E-state index is 9.35. The number of nitrogens with two attached hydrogens (primary N) is 1. The number of rotatable bonds is 0. The summed E-state index contributed by atoms with van der Waals surface area (Å²) in [4.78, 5) is 0. The van der Waals surface area contributed by atoms with Crippen molar-refractivity contribution in [2.45, 2.75) is 0 Å². The topological polar surface area (TPSA) is 86.8 Å². The molecular weight excluding hydrogens is 104 g/mol. The number of amidine groups is 1. The van der Waals surface area contributed by atoms with Crippen LogP contribution in [0.15, 0.2) is 0 Å². The fourth-order valence-electron chi connectivity index (χ4n) is 0. The van der Waals surface area contributed by atoms with E-state index >= 15 is 0 Å². The molecule has 4 nitrogen and oxygen atoms in total. The Morgan fingerprint density at radius 3 is 2.00 bits per heavy atom. The molecule has 1 atom stereocenters. The molecule has 0 aromatic heterocycles. The van der Waals surface area contributed by atoms with Crippen LogP contribution in [0.4, 0.5) is 0 Å². The summed E-state index contributed by atoms with van der Waals surface area (Å²) in [5, 5.41) is 5.29. The van der Waals surface area contributed by atoms with Gasteiger partial charge in [-0.3, -0.25) is 5.41 Å². The Labute approximate surface area is 37.1 Å². The van der Waals surface area contributed by atoms with Crippen molar-refractivity contribution < 1.29 is 8.76 Å². The predicted molar refractivity (Wildman–Crippen MR) is 20.7 cm³/mol. The van der Waals surface area contributed by atoms with Crippen molar-refractivity contribution in [2.75, 3.05) is 0 Å². The fourth-order valence-corrected chi connectivity index (χ4v) is 0. The zero-order valence-electron chi connectivity index (χ0n) is 2.80. The minimum absolute atomic E-state index is 0.824. The molecule has 35 valence electrons. The lowest BCUT2D eigenvalue weighted by Crippen LogP contribution is -2.13. The predicted octanol–water partition coefficient (Wildman–Crippen LogP) is -1.03. The maximum Gasteiger partial charge on any atom is 0.256 e. The van der Waals surface area contributed by atoms with E-state index in [0.717, 1.165) is 0 Å². The third kappa shape index (κ3) is 1.86. The van der Waals surface area contributed by atoms with E-state index in [1.165, 1.54) is 0 Å². The molecule has 0 aromatic carbocycles. The van der Waals surface area contributed by atoms with Gasteiger partial charge in [-0.25, -0.2) is 4.21 Å². The highest BCUT2D eigenvalue weighted by molar-refractivity contribution is 7.95. The van der Waals surface area contributed by atoms with Crippen LogP contribution in [-0.4, -0.2) is 9.38 Å². The molecular formula is CH3N2O2S. The number of hydrogen-bond acceptors (Lipinski definition) is 2. The Hall–Kier alpha value is -0.420. The van der Waals surface area contributed by atoms with Crippen LogP contribution in [0, 0.1) is 5.41 Å². The van der Waals surface area contributed by atoms with Crippen LogP contribution in [-0.2, 0) is 15.6 Å². The molecule has 1 radical (unpaired) electrons. The molecule has 0 aliphatic rings. The van der Waals surface area contributed by atoms with Gasteiger partial charge in [-0.05, 0) is 0 Å². The summed E-state index contributed by atoms with van der Waals surface area (Å²) < 4.78 is 18.7. The third-order valence-electron chi connectivity index (χ3n) is 0.180. The van der Waals surface area contributed by atoms with Crippen molar-refractivity contribution in [3.8, 4) is 0 Å². The molecule has 6 heavy (non-hydrogen) atoms. The van der Waals surface area contributed by atoms with Crippen molar-refractivity contribution in [1.82, 2.24) is 0 Å². The summed E-state index contributed by atoms with van der Waals surface area (Å²) >= 11 is -2.51. The lowest BCUT2D eigenvalue weighted by Gasteiger charge is -1.76. The van der Waals surface area contributed by atoms with Crippen LogP contribution in [0.5, 0.6) is 0 Å². The number of nitrogens with one attached hydrogen (secondary N) is 1. The SMILES string of the molecule is N=C(N)S([O])=O. The second kappa shape index (κ2) is 1.89.